The van der Waals surface area contributed by atoms with Crippen LogP contribution >= 0.6 is 0 Å². The highest BCUT2D eigenvalue weighted by atomic mass is 16.1. The molecule has 14 heavy (non-hydrogen) atoms. The lowest BCUT2D eigenvalue weighted by molar-refractivity contribution is -0.124. The number of ketones is 1. The Hall–Kier alpha value is -0.370. The lowest BCUT2D eigenvalue weighted by atomic mass is 9.98. The fourth-order valence-electron chi connectivity index (χ4n) is 1.24. The number of unbranched alkanes of at least 4 members (excludes halogenated alkanes) is 1. The van der Waals surface area contributed by atoms with Gasteiger partial charge >= 0.3 is 0 Å². The molecule has 0 aliphatic rings. The second kappa shape index (κ2) is 10.7. The number of nitrogens with one attached hydrogen (secondary N) is 1. The zero-order valence-electron chi connectivity index (χ0n) is 10.7. The van der Waals surface area contributed by atoms with Gasteiger partial charge in [-0.05, 0) is 13.5 Å². The van der Waals surface area contributed by atoms with Crippen molar-refractivity contribution in [2.75, 3.05) is 7.05 Å². The minimum absolute atomic E-state index is 0.0740. The van der Waals surface area contributed by atoms with Gasteiger partial charge in [0.1, 0.15) is 0 Å². The van der Waals surface area contributed by atoms with Gasteiger partial charge in [0.2, 0.25) is 0 Å². The number of carbonyl (C=O) groups excluding carboxylic acids is 1. The van der Waals surface area contributed by atoms with Crippen molar-refractivity contribution in [1.29, 1.82) is 0 Å². The largest absolute Gasteiger partial charge is 0.311 e. The molecule has 2 heteroatoms. The Bertz CT molecular complexity index is 132. The average molecular weight is 201 g/mol. The molecule has 0 bridgehead atoms. The molecule has 0 rings (SSSR count). The molecule has 2 nitrogen and oxygen atoms in total. The van der Waals surface area contributed by atoms with E-state index in [4.69, 9.17) is 0 Å². The molecule has 0 fully saturated rings. The van der Waals surface area contributed by atoms with Crippen LogP contribution < -0.4 is 5.32 Å². The van der Waals surface area contributed by atoms with Crippen molar-refractivity contribution in [1.82, 2.24) is 5.32 Å². The second-order valence-electron chi connectivity index (χ2n) is 3.54. The van der Waals surface area contributed by atoms with Crippen LogP contribution in [0.3, 0.4) is 0 Å². The van der Waals surface area contributed by atoms with E-state index >= 15 is 0 Å². The highest BCUT2D eigenvalue weighted by molar-refractivity contribution is 5.85. The highest BCUT2D eigenvalue weighted by Crippen LogP contribution is 2.06. The smallest absolute Gasteiger partial charge is 0.152 e. The van der Waals surface area contributed by atoms with Gasteiger partial charge < -0.3 is 5.32 Å². The van der Waals surface area contributed by atoms with Crippen LogP contribution in [0, 0.1) is 5.92 Å². The average Bonchev–Trinajstić information content (AvgIpc) is 2.21. The number of rotatable bonds is 6. The summed E-state index contributed by atoms with van der Waals surface area (Å²) in [6.07, 6.45) is 3.26. The Kier molecular flexibility index (Phi) is 12.3. The first-order valence-corrected chi connectivity index (χ1v) is 5.84. The SMILES string of the molecule is CC.CCCC[C@H](NC)C(=O)C(C)C. The third-order valence-corrected chi connectivity index (χ3v) is 2.11. The third-order valence-electron chi connectivity index (χ3n) is 2.11. The first kappa shape index (κ1) is 16.1. The maximum atomic E-state index is 11.5. The van der Waals surface area contributed by atoms with Gasteiger partial charge in [-0.1, -0.05) is 47.5 Å². The molecule has 0 aliphatic heterocycles. The molecule has 0 aromatic carbocycles. The molecule has 0 aromatic heterocycles. The summed E-state index contributed by atoms with van der Waals surface area (Å²) in [5.74, 6) is 0.491. The van der Waals surface area contributed by atoms with Crippen LogP contribution in [0.25, 0.3) is 0 Å². The van der Waals surface area contributed by atoms with Crippen molar-refractivity contribution in [2.24, 2.45) is 5.92 Å². The summed E-state index contributed by atoms with van der Waals surface area (Å²) in [6, 6.07) is 0.0740. The molecule has 0 aliphatic carbocycles. The zero-order chi connectivity index (χ0) is 11.6. The van der Waals surface area contributed by atoms with Gasteiger partial charge in [-0.2, -0.15) is 0 Å². The third kappa shape index (κ3) is 7.07. The van der Waals surface area contributed by atoms with E-state index in [0.29, 0.717) is 5.78 Å². The van der Waals surface area contributed by atoms with Crippen LogP contribution in [-0.4, -0.2) is 18.9 Å². The predicted octanol–water partition coefficient (Wildman–Crippen LogP) is 3.02. The Morgan fingerprint density at radius 3 is 2.07 bits per heavy atom. The summed E-state index contributed by atoms with van der Waals surface area (Å²) < 4.78 is 0. The summed E-state index contributed by atoms with van der Waals surface area (Å²) >= 11 is 0. The number of hydrogen-bond donors (Lipinski definition) is 1. The predicted molar refractivity (Wildman–Crippen MR) is 63.6 cm³/mol. The molecular weight excluding hydrogens is 174 g/mol. The monoisotopic (exact) mass is 201 g/mol. The second-order valence-corrected chi connectivity index (χ2v) is 3.54. The highest BCUT2D eigenvalue weighted by Gasteiger charge is 2.17. The molecule has 0 heterocycles. The van der Waals surface area contributed by atoms with Crippen molar-refractivity contribution in [3.05, 3.63) is 0 Å². The molecule has 0 unspecified atom stereocenters. The Morgan fingerprint density at radius 2 is 1.79 bits per heavy atom. The molecule has 0 amide bonds. The van der Waals surface area contributed by atoms with Crippen molar-refractivity contribution in [3.8, 4) is 0 Å². The molecule has 0 radical (unpaired) electrons. The molecule has 86 valence electrons. The van der Waals surface area contributed by atoms with Crippen molar-refractivity contribution >= 4 is 5.78 Å². The molecule has 0 saturated carbocycles. The van der Waals surface area contributed by atoms with E-state index < -0.39 is 0 Å². The normalized spacial score (nSPS) is 11.9. The van der Waals surface area contributed by atoms with Crippen molar-refractivity contribution in [3.63, 3.8) is 0 Å². The summed E-state index contributed by atoms with van der Waals surface area (Å²) in [4.78, 5) is 11.5. The van der Waals surface area contributed by atoms with Gasteiger partial charge in [0.15, 0.2) is 5.78 Å². The van der Waals surface area contributed by atoms with E-state index in [-0.39, 0.29) is 12.0 Å². The van der Waals surface area contributed by atoms with Crippen molar-refractivity contribution in [2.45, 2.75) is 59.9 Å². The van der Waals surface area contributed by atoms with Crippen LogP contribution in [-0.2, 0) is 4.79 Å². The van der Waals surface area contributed by atoms with Crippen molar-refractivity contribution < 1.29 is 4.79 Å². The minimum atomic E-state index is 0.0740. The Morgan fingerprint density at radius 1 is 1.29 bits per heavy atom. The van der Waals surface area contributed by atoms with E-state index in [1.807, 2.05) is 34.7 Å². The molecule has 1 N–H and O–H groups in total. The lowest BCUT2D eigenvalue weighted by Crippen LogP contribution is -2.36. The van der Waals surface area contributed by atoms with Crippen LogP contribution in [0.2, 0.25) is 0 Å². The van der Waals surface area contributed by atoms with Crippen LogP contribution in [0.4, 0.5) is 0 Å². The Labute approximate surface area is 89.5 Å². The van der Waals surface area contributed by atoms with Crippen LogP contribution in [0.1, 0.15) is 53.9 Å². The Balaban J connectivity index is 0. The standard InChI is InChI=1S/C10H21NO.C2H6/c1-5-6-7-9(11-4)10(12)8(2)3;1-2/h8-9,11H,5-7H2,1-4H3;1-2H3/t9-;/m0./s1. The van der Waals surface area contributed by atoms with Gasteiger partial charge in [-0.3, -0.25) is 4.79 Å². The quantitative estimate of drug-likeness (QED) is 0.715. The van der Waals surface area contributed by atoms with E-state index in [1.165, 1.54) is 0 Å². The summed E-state index contributed by atoms with van der Waals surface area (Å²) in [5.41, 5.74) is 0. The first-order chi connectivity index (χ1) is 6.63. The fraction of sp³-hybridized carbons (Fsp3) is 0.917. The molecule has 1 atom stereocenters. The van der Waals surface area contributed by atoms with Gasteiger partial charge in [0.25, 0.3) is 0 Å². The van der Waals surface area contributed by atoms with E-state index in [0.717, 1.165) is 19.3 Å². The van der Waals surface area contributed by atoms with E-state index in [2.05, 4.69) is 12.2 Å². The minimum Gasteiger partial charge on any atom is -0.311 e. The maximum Gasteiger partial charge on any atom is 0.152 e. The van der Waals surface area contributed by atoms with Crippen LogP contribution in [0.15, 0.2) is 0 Å². The molecular formula is C12H27NO. The number of carbonyl (C=O) groups is 1. The molecule has 0 saturated heterocycles. The van der Waals surface area contributed by atoms with Gasteiger partial charge in [0, 0.05) is 5.92 Å². The summed E-state index contributed by atoms with van der Waals surface area (Å²) in [5, 5.41) is 3.07. The summed E-state index contributed by atoms with van der Waals surface area (Å²) in [6.45, 7) is 10.1. The molecule has 0 aromatic rings. The van der Waals surface area contributed by atoms with E-state index in [1.54, 1.807) is 0 Å². The lowest BCUT2D eigenvalue weighted by Gasteiger charge is -2.16. The maximum absolute atomic E-state index is 11.5. The topological polar surface area (TPSA) is 29.1 Å². The zero-order valence-corrected chi connectivity index (χ0v) is 10.7. The number of likely N-dealkylation sites (N-methyl/N-ethyl adjacent to an activating group) is 1. The fourth-order valence-corrected chi connectivity index (χ4v) is 1.24. The van der Waals surface area contributed by atoms with Crippen LogP contribution in [0.5, 0.6) is 0 Å². The number of Topliss-reactive ketones (excluding diaryl/α,β-unsaturated/α-hetero) is 1. The van der Waals surface area contributed by atoms with Gasteiger partial charge in [-0.25, -0.2) is 0 Å². The molecule has 0 spiro atoms. The van der Waals surface area contributed by atoms with E-state index in [9.17, 15) is 4.79 Å². The first-order valence-electron chi connectivity index (χ1n) is 5.84. The number of hydrogen-bond acceptors (Lipinski definition) is 2. The van der Waals surface area contributed by atoms with Gasteiger partial charge in [-0.15, -0.1) is 0 Å². The van der Waals surface area contributed by atoms with Gasteiger partial charge in [0.05, 0.1) is 6.04 Å². The summed E-state index contributed by atoms with van der Waals surface area (Å²) in [7, 11) is 1.86.